The van der Waals surface area contributed by atoms with Gasteiger partial charge >= 0.3 is 5.97 Å². The fourth-order valence-electron chi connectivity index (χ4n) is 0.922. The Kier molecular flexibility index (Phi) is 3.79. The Bertz CT molecular complexity index is 344. The van der Waals surface area contributed by atoms with E-state index in [9.17, 15) is 9.00 Å². The summed E-state index contributed by atoms with van der Waals surface area (Å²) in [5, 5.41) is 0. The van der Waals surface area contributed by atoms with E-state index in [1.54, 1.807) is 6.92 Å². The first-order valence-electron chi connectivity index (χ1n) is 4.03. The van der Waals surface area contributed by atoms with Crippen LogP contribution in [0.25, 0.3) is 0 Å². The van der Waals surface area contributed by atoms with Crippen LogP contribution in [-0.4, -0.2) is 21.3 Å². The van der Waals surface area contributed by atoms with E-state index in [2.05, 4.69) is 0 Å². The summed E-state index contributed by atoms with van der Waals surface area (Å²) in [4.78, 5) is 11.4. The van der Waals surface area contributed by atoms with Gasteiger partial charge < -0.3 is 9.29 Å². The molecule has 0 saturated heterocycles. The van der Waals surface area contributed by atoms with Gasteiger partial charge in [-0.25, -0.2) is 9.00 Å². The molecule has 1 unspecified atom stereocenters. The van der Waals surface area contributed by atoms with Crippen LogP contribution >= 0.6 is 0 Å². The van der Waals surface area contributed by atoms with Crippen LogP contribution in [0.3, 0.4) is 0 Å². The van der Waals surface area contributed by atoms with Gasteiger partial charge in [0.25, 0.3) is 0 Å². The third-order valence-corrected chi connectivity index (χ3v) is 2.24. The van der Waals surface area contributed by atoms with Crippen LogP contribution in [0.4, 0.5) is 0 Å². The maximum Gasteiger partial charge on any atom is 0.338 e. The second-order valence-corrected chi connectivity index (χ2v) is 3.46. The van der Waals surface area contributed by atoms with Crippen molar-refractivity contribution in [2.75, 3.05) is 6.61 Å². The second kappa shape index (κ2) is 4.88. The fraction of sp³-hybridized carbons (Fsp3) is 0.222. The van der Waals surface area contributed by atoms with Gasteiger partial charge in [-0.2, -0.15) is 0 Å². The first-order chi connectivity index (χ1) is 6.65. The molecule has 4 nitrogen and oxygen atoms in total. The Balaban J connectivity index is 2.83. The number of hydrogen-bond donors (Lipinski definition) is 1. The minimum atomic E-state index is -2.01. The van der Waals surface area contributed by atoms with E-state index in [0.29, 0.717) is 12.2 Å². The molecule has 0 aliphatic heterocycles. The smallest absolute Gasteiger partial charge is 0.338 e. The van der Waals surface area contributed by atoms with E-state index >= 15 is 0 Å². The summed E-state index contributed by atoms with van der Waals surface area (Å²) in [7, 11) is 0. The molecule has 0 aliphatic rings. The van der Waals surface area contributed by atoms with Gasteiger partial charge in [0.2, 0.25) is 0 Å². The van der Waals surface area contributed by atoms with Crippen LogP contribution in [0.5, 0.6) is 0 Å². The molecule has 1 aromatic carbocycles. The summed E-state index contributed by atoms with van der Waals surface area (Å²) in [5.41, 5.74) is 0.376. The van der Waals surface area contributed by atoms with E-state index < -0.39 is 17.0 Å². The predicted octanol–water partition coefficient (Wildman–Crippen LogP) is 1.44. The Labute approximate surface area is 84.2 Å². The van der Waals surface area contributed by atoms with Crippen molar-refractivity contribution in [1.82, 2.24) is 0 Å². The summed E-state index contributed by atoms with van der Waals surface area (Å²) in [6.45, 7) is 2.03. The molecule has 1 rings (SSSR count). The van der Waals surface area contributed by atoms with Gasteiger partial charge in [0, 0.05) is 0 Å². The molecule has 1 N–H and O–H groups in total. The molecule has 0 bridgehead atoms. The average Bonchev–Trinajstić information content (AvgIpc) is 2.18. The lowest BCUT2D eigenvalue weighted by Gasteiger charge is -2.01. The van der Waals surface area contributed by atoms with Crippen molar-refractivity contribution in [2.45, 2.75) is 11.8 Å². The third-order valence-electron chi connectivity index (χ3n) is 1.57. The highest BCUT2D eigenvalue weighted by atomic mass is 32.2. The van der Waals surface area contributed by atoms with Crippen LogP contribution in [0.2, 0.25) is 0 Å². The zero-order valence-electron chi connectivity index (χ0n) is 7.60. The zero-order chi connectivity index (χ0) is 10.6. The van der Waals surface area contributed by atoms with Crippen molar-refractivity contribution in [3.05, 3.63) is 29.8 Å². The van der Waals surface area contributed by atoms with Gasteiger partial charge in [-0.15, -0.1) is 0 Å². The molecule has 0 heterocycles. The Morgan fingerprint density at radius 3 is 2.43 bits per heavy atom. The standard InChI is InChI=1S/C9H10O4S/c1-2-13-9(10)7-3-5-8(6-4-7)14(11)12/h3-6H,2H2,1H3,(H,11,12). The van der Waals surface area contributed by atoms with Crippen LogP contribution in [0.15, 0.2) is 29.2 Å². The SMILES string of the molecule is CCOC(=O)c1ccc(S(=O)O)cc1. The number of rotatable bonds is 3. The molecular formula is C9H10O4S. The van der Waals surface area contributed by atoms with Crippen LogP contribution in [0.1, 0.15) is 17.3 Å². The maximum absolute atomic E-state index is 11.2. The molecule has 5 heteroatoms. The number of ether oxygens (including phenoxy) is 1. The molecule has 0 radical (unpaired) electrons. The molecular weight excluding hydrogens is 204 g/mol. The molecule has 0 fully saturated rings. The topological polar surface area (TPSA) is 63.6 Å². The lowest BCUT2D eigenvalue weighted by atomic mass is 10.2. The molecule has 0 saturated carbocycles. The zero-order valence-corrected chi connectivity index (χ0v) is 8.41. The highest BCUT2D eigenvalue weighted by Crippen LogP contribution is 2.08. The molecule has 76 valence electrons. The van der Waals surface area contributed by atoms with E-state index in [0.717, 1.165) is 0 Å². The Morgan fingerprint density at radius 2 is 2.00 bits per heavy atom. The van der Waals surface area contributed by atoms with Gasteiger partial charge in [0.1, 0.15) is 0 Å². The van der Waals surface area contributed by atoms with Gasteiger partial charge in [0.05, 0.1) is 17.1 Å². The number of esters is 1. The van der Waals surface area contributed by atoms with Crippen LogP contribution in [-0.2, 0) is 15.8 Å². The molecule has 14 heavy (non-hydrogen) atoms. The third kappa shape index (κ3) is 2.65. The van der Waals surface area contributed by atoms with Crippen molar-refractivity contribution in [3.8, 4) is 0 Å². The highest BCUT2D eigenvalue weighted by molar-refractivity contribution is 7.79. The normalized spacial score (nSPS) is 12.1. The lowest BCUT2D eigenvalue weighted by Crippen LogP contribution is -2.04. The van der Waals surface area contributed by atoms with Gasteiger partial charge in [-0.3, -0.25) is 0 Å². The molecule has 0 aliphatic carbocycles. The van der Waals surface area contributed by atoms with Gasteiger partial charge in [0.15, 0.2) is 11.1 Å². The summed E-state index contributed by atoms with van der Waals surface area (Å²) in [6, 6.07) is 5.76. The molecule has 0 spiro atoms. The Morgan fingerprint density at radius 1 is 1.43 bits per heavy atom. The van der Waals surface area contributed by atoms with Gasteiger partial charge in [-0.05, 0) is 31.2 Å². The van der Waals surface area contributed by atoms with Crippen molar-refractivity contribution in [3.63, 3.8) is 0 Å². The summed E-state index contributed by atoms with van der Waals surface area (Å²) in [5.74, 6) is -0.428. The van der Waals surface area contributed by atoms with E-state index in [4.69, 9.17) is 9.29 Å². The number of carbonyl (C=O) groups is 1. The second-order valence-electron chi connectivity index (χ2n) is 2.49. The van der Waals surface area contributed by atoms with Crippen LogP contribution in [0, 0.1) is 0 Å². The first-order valence-corrected chi connectivity index (χ1v) is 5.14. The number of hydrogen-bond acceptors (Lipinski definition) is 3. The van der Waals surface area contributed by atoms with Crippen molar-refractivity contribution >= 4 is 17.0 Å². The van der Waals surface area contributed by atoms with E-state index in [1.807, 2.05) is 0 Å². The van der Waals surface area contributed by atoms with Crippen molar-refractivity contribution < 1.29 is 18.3 Å². The van der Waals surface area contributed by atoms with Crippen LogP contribution < -0.4 is 0 Å². The molecule has 1 aromatic rings. The minimum absolute atomic E-state index is 0.262. The maximum atomic E-state index is 11.2. The summed E-state index contributed by atoms with van der Waals surface area (Å²) in [6.07, 6.45) is 0. The molecule has 1 atom stereocenters. The summed E-state index contributed by atoms with van der Waals surface area (Å²) < 4.78 is 24.1. The average molecular weight is 214 g/mol. The molecule has 0 amide bonds. The lowest BCUT2D eigenvalue weighted by molar-refractivity contribution is 0.0526. The van der Waals surface area contributed by atoms with E-state index in [1.165, 1.54) is 24.3 Å². The van der Waals surface area contributed by atoms with Gasteiger partial charge in [-0.1, -0.05) is 0 Å². The monoisotopic (exact) mass is 214 g/mol. The number of carbonyl (C=O) groups excluding carboxylic acids is 1. The van der Waals surface area contributed by atoms with Crippen molar-refractivity contribution in [1.29, 1.82) is 0 Å². The minimum Gasteiger partial charge on any atom is -0.462 e. The predicted molar refractivity (Wildman–Crippen MR) is 51.4 cm³/mol. The first kappa shape index (κ1) is 10.9. The van der Waals surface area contributed by atoms with Crippen molar-refractivity contribution in [2.24, 2.45) is 0 Å². The summed E-state index contributed by atoms with van der Waals surface area (Å²) >= 11 is -2.01. The fourth-order valence-corrected chi connectivity index (χ4v) is 1.29. The Hall–Kier alpha value is -1.20. The quantitative estimate of drug-likeness (QED) is 0.611. The largest absolute Gasteiger partial charge is 0.462 e. The van der Waals surface area contributed by atoms with E-state index in [-0.39, 0.29) is 4.90 Å². The molecule has 0 aromatic heterocycles. The highest BCUT2D eigenvalue weighted by Gasteiger charge is 2.06. The number of benzene rings is 1.